The summed E-state index contributed by atoms with van der Waals surface area (Å²) in [5, 5.41) is 14.0. The molecule has 2 N–H and O–H groups in total. The van der Waals surface area contributed by atoms with Crippen LogP contribution in [0.3, 0.4) is 0 Å². The number of hydrogen-bond acceptors (Lipinski definition) is 7. The summed E-state index contributed by atoms with van der Waals surface area (Å²) in [4.78, 5) is 22.0. The van der Waals surface area contributed by atoms with Gasteiger partial charge in [-0.05, 0) is 49.3 Å². The van der Waals surface area contributed by atoms with Gasteiger partial charge in [-0.3, -0.25) is 0 Å². The predicted molar refractivity (Wildman–Crippen MR) is 113 cm³/mol. The number of hydrogen-bond donors (Lipinski definition) is 2. The van der Waals surface area contributed by atoms with Crippen molar-refractivity contribution in [2.24, 2.45) is 11.8 Å². The van der Waals surface area contributed by atoms with Crippen molar-refractivity contribution in [3.63, 3.8) is 0 Å². The second kappa shape index (κ2) is 7.31. The lowest BCUT2D eigenvalue weighted by molar-refractivity contribution is -0.736. The van der Waals surface area contributed by atoms with E-state index in [1.807, 2.05) is 0 Å². The molecule has 0 aliphatic heterocycles. The first-order valence-electron chi connectivity index (χ1n) is 10.2. The molecule has 4 atom stereocenters. The average Bonchev–Trinajstić information content (AvgIpc) is 3.48. The maximum Gasteiger partial charge on any atom is 0.358 e. The maximum absolute atomic E-state index is 13.2. The molecular formula is C21H23N4O5S+. The van der Waals surface area contributed by atoms with Crippen LogP contribution in [0.5, 0.6) is 0 Å². The number of aliphatic hydroxyl groups excluding tert-OH is 1. The zero-order valence-corrected chi connectivity index (χ0v) is 17.7. The quantitative estimate of drug-likeness (QED) is 0.563. The first kappa shape index (κ1) is 20.0. The molecule has 2 aromatic heterocycles. The normalized spacial score (nSPS) is 25.1. The molecule has 9 nitrogen and oxygen atoms in total. The smallest absolute Gasteiger partial charge is 0.358 e. The fourth-order valence-electron chi connectivity index (χ4n) is 4.95. The molecule has 0 radical (unpaired) electrons. The molecule has 5 rings (SSSR count). The Morgan fingerprint density at radius 2 is 1.94 bits per heavy atom. The number of aromatic nitrogens is 2. The van der Waals surface area contributed by atoms with Crippen molar-refractivity contribution in [1.82, 2.24) is 8.96 Å². The minimum Gasteiger partial charge on any atom is -0.393 e. The molecule has 2 fully saturated rings. The largest absolute Gasteiger partial charge is 0.393 e. The molecule has 31 heavy (non-hydrogen) atoms. The van der Waals surface area contributed by atoms with Crippen LogP contribution in [0.1, 0.15) is 19.3 Å². The Hall–Kier alpha value is -2.98. The number of rotatable bonds is 6. The van der Waals surface area contributed by atoms with Gasteiger partial charge in [-0.1, -0.05) is 18.2 Å². The van der Waals surface area contributed by atoms with Crippen LogP contribution >= 0.6 is 0 Å². The highest BCUT2D eigenvalue weighted by Gasteiger charge is 2.46. The van der Waals surface area contributed by atoms with Gasteiger partial charge in [0.25, 0.3) is 14.9 Å². The molecule has 1 aromatic carbocycles. The average molecular weight is 444 g/mol. The fourth-order valence-corrected chi connectivity index (χ4v) is 6.27. The molecule has 2 aliphatic rings. The lowest BCUT2D eigenvalue weighted by Gasteiger charge is -2.26. The van der Waals surface area contributed by atoms with Crippen LogP contribution in [0.2, 0.25) is 0 Å². The molecular weight excluding hydrogens is 420 g/mol. The summed E-state index contributed by atoms with van der Waals surface area (Å²) in [6.07, 6.45) is 4.95. The van der Waals surface area contributed by atoms with Crippen molar-refractivity contribution < 1.29 is 23.3 Å². The topological polar surface area (TPSA) is 114 Å². The third-order valence-electron chi connectivity index (χ3n) is 6.47. The SMILES string of the molecule is CO[N+](=O)c1cnc2c(ccn2S(=O)(=O)c2ccccc2)c1NC1CC2CC1CC2O. The van der Waals surface area contributed by atoms with Gasteiger partial charge in [-0.15, -0.1) is 0 Å². The van der Waals surface area contributed by atoms with Crippen molar-refractivity contribution >= 4 is 32.4 Å². The van der Waals surface area contributed by atoms with Crippen molar-refractivity contribution in [2.45, 2.75) is 36.3 Å². The van der Waals surface area contributed by atoms with E-state index in [4.69, 9.17) is 4.84 Å². The molecule has 2 saturated carbocycles. The summed E-state index contributed by atoms with van der Waals surface area (Å²) in [6.45, 7) is 0. The van der Waals surface area contributed by atoms with Crippen LogP contribution in [0.15, 0.2) is 53.7 Å². The van der Waals surface area contributed by atoms with Gasteiger partial charge in [0.1, 0.15) is 11.9 Å². The minimum atomic E-state index is -3.85. The second-order valence-electron chi connectivity index (χ2n) is 8.17. The van der Waals surface area contributed by atoms with E-state index in [1.54, 1.807) is 24.3 Å². The van der Waals surface area contributed by atoms with E-state index >= 15 is 0 Å². The molecule has 2 heterocycles. The number of benzene rings is 1. The Labute approximate surface area is 179 Å². The predicted octanol–water partition coefficient (Wildman–Crippen LogP) is 2.82. The van der Waals surface area contributed by atoms with Crippen LogP contribution in [0, 0.1) is 16.7 Å². The van der Waals surface area contributed by atoms with Gasteiger partial charge < -0.3 is 10.4 Å². The summed E-state index contributed by atoms with van der Waals surface area (Å²) in [5.74, 6) is 0.547. The van der Waals surface area contributed by atoms with Crippen molar-refractivity contribution in [3.8, 4) is 0 Å². The fraction of sp³-hybridized carbons (Fsp3) is 0.381. The molecule has 0 spiro atoms. The van der Waals surface area contributed by atoms with E-state index in [9.17, 15) is 18.4 Å². The summed E-state index contributed by atoms with van der Waals surface area (Å²) < 4.78 is 27.4. The first-order valence-corrected chi connectivity index (χ1v) is 11.6. The van der Waals surface area contributed by atoms with Crippen molar-refractivity contribution in [1.29, 1.82) is 0 Å². The molecule has 0 saturated heterocycles. The van der Waals surface area contributed by atoms with E-state index in [1.165, 1.54) is 31.6 Å². The highest BCUT2D eigenvalue weighted by Crippen LogP contribution is 2.47. The van der Waals surface area contributed by atoms with Gasteiger partial charge in [0.05, 0.1) is 21.3 Å². The summed E-state index contributed by atoms with van der Waals surface area (Å²) >= 11 is 0. The Balaban J connectivity index is 1.61. The lowest BCUT2D eigenvalue weighted by atomic mass is 9.93. The zero-order chi connectivity index (χ0) is 21.8. The van der Waals surface area contributed by atoms with E-state index in [2.05, 4.69) is 10.3 Å². The van der Waals surface area contributed by atoms with Crippen LogP contribution in [-0.4, -0.2) is 46.7 Å². The lowest BCUT2D eigenvalue weighted by Crippen LogP contribution is -2.31. The molecule has 4 unspecified atom stereocenters. The number of aliphatic hydroxyl groups is 1. The van der Waals surface area contributed by atoms with E-state index < -0.39 is 10.0 Å². The van der Waals surface area contributed by atoms with Gasteiger partial charge >= 0.3 is 5.69 Å². The highest BCUT2D eigenvalue weighted by molar-refractivity contribution is 7.90. The number of pyridine rings is 1. The monoisotopic (exact) mass is 443 g/mol. The summed E-state index contributed by atoms with van der Waals surface area (Å²) in [7, 11) is -2.59. The molecule has 162 valence electrons. The Morgan fingerprint density at radius 3 is 2.58 bits per heavy atom. The molecule has 10 heteroatoms. The van der Waals surface area contributed by atoms with E-state index in [0.717, 1.165) is 23.2 Å². The van der Waals surface area contributed by atoms with Crippen LogP contribution in [0.25, 0.3) is 11.0 Å². The Kier molecular flexibility index (Phi) is 4.71. The van der Waals surface area contributed by atoms with Gasteiger partial charge in [0.2, 0.25) is 0 Å². The third kappa shape index (κ3) is 3.17. The summed E-state index contributed by atoms with van der Waals surface area (Å²) in [5.41, 5.74) is 0.881. The number of nitrogens with zero attached hydrogens (tertiary/aromatic N) is 3. The third-order valence-corrected chi connectivity index (χ3v) is 8.15. The maximum atomic E-state index is 13.2. The molecule has 3 aromatic rings. The van der Waals surface area contributed by atoms with Gasteiger partial charge in [0, 0.05) is 12.2 Å². The molecule has 0 amide bonds. The molecule has 2 bridgehead atoms. The van der Waals surface area contributed by atoms with E-state index in [-0.39, 0.29) is 34.3 Å². The van der Waals surface area contributed by atoms with Gasteiger partial charge in [-0.2, -0.15) is 0 Å². The van der Waals surface area contributed by atoms with Crippen molar-refractivity contribution in [2.75, 3.05) is 12.4 Å². The minimum absolute atomic E-state index is 0.0806. The zero-order valence-electron chi connectivity index (χ0n) is 16.9. The Bertz CT molecular complexity index is 1260. The van der Waals surface area contributed by atoms with Crippen LogP contribution < -0.4 is 5.32 Å². The summed E-state index contributed by atoms with van der Waals surface area (Å²) in [6, 6.07) is 9.85. The Morgan fingerprint density at radius 1 is 1.16 bits per heavy atom. The number of nitrogens with one attached hydrogen (secondary N) is 1. The second-order valence-corrected chi connectivity index (χ2v) is 9.99. The van der Waals surface area contributed by atoms with Crippen LogP contribution in [-0.2, 0) is 14.9 Å². The molecule has 2 aliphatic carbocycles. The number of anilines is 1. The van der Waals surface area contributed by atoms with Crippen molar-refractivity contribution in [3.05, 3.63) is 53.7 Å². The van der Waals surface area contributed by atoms with Gasteiger partial charge in [0.15, 0.2) is 12.8 Å². The van der Waals surface area contributed by atoms with E-state index in [0.29, 0.717) is 21.9 Å². The van der Waals surface area contributed by atoms with Crippen LogP contribution in [0.4, 0.5) is 11.4 Å². The standard InChI is InChI=1S/C21H23N4O5S/c1-30-25(27)18-12-22-21-16(20(18)23-17-10-14-9-13(17)11-19(14)26)7-8-24(21)31(28,29)15-5-3-2-4-6-15/h2-8,12-14,17,19,26H,9-11H2,1H3,(H,22,23)/q+1. The first-order chi connectivity index (χ1) is 14.9. The highest BCUT2D eigenvalue weighted by atomic mass is 32.2. The number of fused-ring (bicyclic) bond motifs is 3. The van der Waals surface area contributed by atoms with Gasteiger partial charge in [-0.25, -0.2) is 22.2 Å².